The van der Waals surface area contributed by atoms with E-state index in [1.807, 2.05) is 0 Å². The van der Waals surface area contributed by atoms with Gasteiger partial charge >= 0.3 is 0 Å². The molecule has 18 heteroatoms. The Morgan fingerprint density at radius 2 is 1.16 bits per heavy atom. The first-order valence-corrected chi connectivity index (χ1v) is 23.9. The molecule has 0 spiro atoms. The standard InChI is InChI=1S/C45H75NO17/c1-18-11-26(50)31-19(2)30-25(46(31)14-18)13-24-22-6-5-20-12-21(7-9-44(20,3)23(22)8-10-45(24,30)4)58-41-38(57)36(55)39(29(17-49)61-41)62-43-40(35(54)33(52)28(16-48)60-43)63-42-37(56)34(53)32(51)27(15-47)59-42/h18-43,47-57H,5-17H2,1-4H3. The van der Waals surface area contributed by atoms with Crippen molar-refractivity contribution in [3.8, 4) is 0 Å². The van der Waals surface area contributed by atoms with Crippen molar-refractivity contribution in [2.24, 2.45) is 52.3 Å². The summed E-state index contributed by atoms with van der Waals surface area (Å²) in [5.74, 6) is 3.97. The van der Waals surface area contributed by atoms with Gasteiger partial charge in [-0.15, -0.1) is 0 Å². The van der Waals surface area contributed by atoms with Gasteiger partial charge in [0.1, 0.15) is 73.2 Å². The summed E-state index contributed by atoms with van der Waals surface area (Å²) in [6, 6.07) is 0.831. The molecule has 11 N–H and O–H groups in total. The van der Waals surface area contributed by atoms with Gasteiger partial charge in [0.15, 0.2) is 18.9 Å². The van der Waals surface area contributed by atoms with E-state index in [9.17, 15) is 56.2 Å². The van der Waals surface area contributed by atoms with Crippen LogP contribution in [0.25, 0.3) is 0 Å². The third-order valence-corrected chi connectivity index (χ3v) is 18.6. The largest absolute Gasteiger partial charge is 0.394 e. The molecule has 0 aromatic heterocycles. The maximum Gasteiger partial charge on any atom is 0.187 e. The molecule has 0 bridgehead atoms. The fourth-order valence-electron chi connectivity index (χ4n) is 15.6. The van der Waals surface area contributed by atoms with Crippen molar-refractivity contribution in [2.45, 2.75) is 202 Å². The van der Waals surface area contributed by atoms with Gasteiger partial charge in [0.25, 0.3) is 0 Å². The van der Waals surface area contributed by atoms with Crippen molar-refractivity contribution in [3.05, 3.63) is 0 Å². The number of aliphatic hydroxyl groups is 11. The van der Waals surface area contributed by atoms with Gasteiger partial charge in [-0.05, 0) is 110 Å². The average molecular weight is 902 g/mol. The molecule has 63 heavy (non-hydrogen) atoms. The Hall–Kier alpha value is -0.720. The zero-order valence-electron chi connectivity index (χ0n) is 37.0. The molecule has 5 heterocycles. The van der Waals surface area contributed by atoms with Crippen molar-refractivity contribution in [1.29, 1.82) is 0 Å². The molecule has 5 aliphatic heterocycles. The lowest BCUT2D eigenvalue weighted by Gasteiger charge is -2.61. The summed E-state index contributed by atoms with van der Waals surface area (Å²) in [4.78, 5) is 2.72. The quantitative estimate of drug-likeness (QED) is 0.114. The number of hydrogen-bond donors (Lipinski definition) is 11. The SMILES string of the molecule is CC1CC(O)C2C(C)C3C(CC4C5CCC6CC(OC7OC(CO)C(OC8OC(CO)C(O)C(O)C8OC8OC(CO)C(O)C(O)C8O)C(O)C7O)CCC6(C)C5CCC43C)N2C1. The molecule has 0 radical (unpaired) electrons. The minimum Gasteiger partial charge on any atom is -0.394 e. The lowest BCUT2D eigenvalue weighted by atomic mass is 9.44. The lowest BCUT2D eigenvalue weighted by Crippen LogP contribution is -2.67. The normalized spacial score (nSPS) is 58.3. The van der Waals surface area contributed by atoms with Crippen molar-refractivity contribution in [2.75, 3.05) is 26.4 Å². The highest BCUT2D eigenvalue weighted by Gasteiger charge is 2.68. The number of rotatable bonds is 9. The molecule has 362 valence electrons. The number of fused-ring (bicyclic) bond motifs is 9. The minimum absolute atomic E-state index is 0.142. The third-order valence-electron chi connectivity index (χ3n) is 18.6. The molecule has 28 unspecified atom stereocenters. The Labute approximate surface area is 369 Å². The van der Waals surface area contributed by atoms with Crippen LogP contribution in [0, 0.1) is 52.3 Å². The third kappa shape index (κ3) is 7.79. The zero-order chi connectivity index (χ0) is 45.0. The summed E-state index contributed by atoms with van der Waals surface area (Å²) in [6.45, 7) is 8.64. The highest BCUT2D eigenvalue weighted by Crippen LogP contribution is 2.71. The first-order chi connectivity index (χ1) is 29.9. The summed E-state index contributed by atoms with van der Waals surface area (Å²) in [7, 11) is 0. The Morgan fingerprint density at radius 3 is 1.86 bits per heavy atom. The van der Waals surface area contributed by atoms with Gasteiger partial charge < -0.3 is 84.6 Å². The molecule has 5 saturated heterocycles. The van der Waals surface area contributed by atoms with Crippen LogP contribution in [-0.4, -0.2) is 204 Å². The Balaban J connectivity index is 0.843. The van der Waals surface area contributed by atoms with E-state index in [4.69, 9.17) is 28.4 Å². The molecule has 28 atom stereocenters. The van der Waals surface area contributed by atoms with E-state index in [0.29, 0.717) is 47.5 Å². The first-order valence-electron chi connectivity index (χ1n) is 23.9. The molecule has 9 rings (SSSR count). The second kappa shape index (κ2) is 18.0. The second-order valence-corrected chi connectivity index (χ2v) is 21.8. The number of aliphatic hydroxyl groups excluding tert-OH is 11. The Bertz CT molecular complexity index is 1580. The second-order valence-electron chi connectivity index (χ2n) is 21.8. The van der Waals surface area contributed by atoms with E-state index in [1.165, 1.54) is 25.7 Å². The van der Waals surface area contributed by atoms with Gasteiger partial charge in [0, 0.05) is 18.6 Å². The van der Waals surface area contributed by atoms with Gasteiger partial charge in [-0.2, -0.15) is 0 Å². The minimum atomic E-state index is -1.89. The topological polar surface area (TPSA) is 281 Å². The molecule has 18 nitrogen and oxygen atoms in total. The fourth-order valence-corrected chi connectivity index (χ4v) is 15.6. The van der Waals surface area contributed by atoms with Crippen molar-refractivity contribution < 1.29 is 84.6 Å². The maximum atomic E-state index is 11.5. The molecule has 0 aromatic rings. The van der Waals surface area contributed by atoms with E-state index < -0.39 is 112 Å². The number of nitrogens with zero attached hydrogens (tertiary/aromatic N) is 1. The maximum absolute atomic E-state index is 11.5. The first kappa shape index (κ1) is 47.4. The van der Waals surface area contributed by atoms with Gasteiger partial charge in [0.05, 0.1) is 32.0 Å². The average Bonchev–Trinajstić information content (AvgIpc) is 3.73. The van der Waals surface area contributed by atoms with Crippen LogP contribution in [0.5, 0.6) is 0 Å². The fraction of sp³-hybridized carbons (Fsp3) is 1.00. The van der Waals surface area contributed by atoms with Gasteiger partial charge in [0.2, 0.25) is 0 Å². The Morgan fingerprint density at radius 1 is 0.571 bits per heavy atom. The monoisotopic (exact) mass is 902 g/mol. The van der Waals surface area contributed by atoms with E-state index in [0.717, 1.165) is 38.6 Å². The molecule has 0 aromatic carbocycles. The number of hydrogen-bond acceptors (Lipinski definition) is 18. The van der Waals surface area contributed by atoms with Crippen LogP contribution in [0.15, 0.2) is 0 Å². The molecule has 0 amide bonds. The summed E-state index contributed by atoms with van der Waals surface area (Å²) < 4.78 is 35.5. The van der Waals surface area contributed by atoms with Crippen LogP contribution in [0.4, 0.5) is 0 Å². The van der Waals surface area contributed by atoms with Crippen LogP contribution < -0.4 is 0 Å². The van der Waals surface area contributed by atoms with Gasteiger partial charge in [-0.1, -0.05) is 27.7 Å². The smallest absolute Gasteiger partial charge is 0.187 e. The van der Waals surface area contributed by atoms with E-state index in [2.05, 4.69) is 32.6 Å². The van der Waals surface area contributed by atoms with Crippen molar-refractivity contribution >= 4 is 0 Å². The molecule has 9 aliphatic rings. The van der Waals surface area contributed by atoms with Gasteiger partial charge in [-0.25, -0.2) is 0 Å². The van der Waals surface area contributed by atoms with E-state index >= 15 is 0 Å². The predicted octanol–water partition coefficient (Wildman–Crippen LogP) is -1.82. The summed E-state index contributed by atoms with van der Waals surface area (Å²) >= 11 is 0. The summed E-state index contributed by atoms with van der Waals surface area (Å²) in [5, 5.41) is 117. The zero-order valence-corrected chi connectivity index (χ0v) is 37.0. The Kier molecular flexibility index (Phi) is 13.5. The summed E-state index contributed by atoms with van der Waals surface area (Å²) in [5.41, 5.74) is 0.417. The van der Waals surface area contributed by atoms with E-state index in [1.54, 1.807) is 0 Å². The van der Waals surface area contributed by atoms with Crippen molar-refractivity contribution in [1.82, 2.24) is 4.90 Å². The van der Waals surface area contributed by atoms with Crippen LogP contribution in [0.3, 0.4) is 0 Å². The molecular formula is C45H75NO17. The number of ether oxygens (including phenoxy) is 6. The van der Waals surface area contributed by atoms with Crippen LogP contribution in [0.1, 0.15) is 85.5 Å². The van der Waals surface area contributed by atoms with Crippen LogP contribution >= 0.6 is 0 Å². The van der Waals surface area contributed by atoms with Crippen molar-refractivity contribution in [3.63, 3.8) is 0 Å². The van der Waals surface area contributed by atoms with Crippen LogP contribution in [0.2, 0.25) is 0 Å². The lowest BCUT2D eigenvalue weighted by molar-refractivity contribution is -0.390. The molecule has 4 saturated carbocycles. The highest BCUT2D eigenvalue weighted by molar-refractivity contribution is 5.18. The van der Waals surface area contributed by atoms with E-state index in [-0.39, 0.29) is 29.1 Å². The van der Waals surface area contributed by atoms with Gasteiger partial charge in [-0.3, -0.25) is 4.90 Å². The molecular weight excluding hydrogens is 826 g/mol. The molecule has 9 fully saturated rings. The highest BCUT2D eigenvalue weighted by atomic mass is 16.8. The predicted molar refractivity (Wildman–Crippen MR) is 218 cm³/mol. The number of piperidine rings is 1. The summed E-state index contributed by atoms with van der Waals surface area (Å²) in [6.07, 6.45) is -15.8. The van der Waals surface area contributed by atoms with Crippen LogP contribution in [-0.2, 0) is 28.4 Å². The molecule has 4 aliphatic carbocycles.